The van der Waals surface area contributed by atoms with Crippen molar-refractivity contribution in [3.8, 4) is 6.07 Å². The highest BCUT2D eigenvalue weighted by Crippen LogP contribution is 2.16. The number of nitrogens with one attached hydrogen (secondary N) is 1. The normalized spacial score (nSPS) is 15.1. The molecule has 1 unspecified atom stereocenters. The molecule has 0 spiro atoms. The minimum Gasteiger partial charge on any atom is -0.300 e. The van der Waals surface area contributed by atoms with Gasteiger partial charge in [0.1, 0.15) is 5.54 Å². The van der Waals surface area contributed by atoms with Crippen LogP contribution in [0.25, 0.3) is 0 Å². The van der Waals surface area contributed by atoms with Crippen molar-refractivity contribution in [1.29, 1.82) is 5.26 Å². The van der Waals surface area contributed by atoms with Gasteiger partial charge in [-0.05, 0) is 37.3 Å². The molecule has 82 valence electrons. The van der Waals surface area contributed by atoms with E-state index in [0.29, 0.717) is 5.25 Å². The fourth-order valence-electron chi connectivity index (χ4n) is 1.32. The summed E-state index contributed by atoms with van der Waals surface area (Å²) >= 11 is 1.96. The van der Waals surface area contributed by atoms with Crippen LogP contribution in [0.15, 0.2) is 0 Å². The first kappa shape index (κ1) is 13.8. The fourth-order valence-corrected chi connectivity index (χ4v) is 2.10. The Morgan fingerprint density at radius 1 is 1.50 bits per heavy atom. The summed E-state index contributed by atoms with van der Waals surface area (Å²) in [6.45, 7) is 9.30. The van der Waals surface area contributed by atoms with Gasteiger partial charge in [-0.3, -0.25) is 5.32 Å². The number of nitriles is 1. The molecule has 0 aliphatic heterocycles. The molecule has 0 aliphatic carbocycles. The van der Waals surface area contributed by atoms with Gasteiger partial charge in [0, 0.05) is 0 Å². The van der Waals surface area contributed by atoms with Gasteiger partial charge in [0.2, 0.25) is 0 Å². The van der Waals surface area contributed by atoms with Crippen LogP contribution in [0.5, 0.6) is 0 Å². The van der Waals surface area contributed by atoms with Crippen molar-refractivity contribution < 1.29 is 0 Å². The van der Waals surface area contributed by atoms with Gasteiger partial charge in [0.05, 0.1) is 6.07 Å². The van der Waals surface area contributed by atoms with Crippen molar-refractivity contribution in [2.24, 2.45) is 0 Å². The van der Waals surface area contributed by atoms with Gasteiger partial charge in [-0.1, -0.05) is 20.8 Å². The van der Waals surface area contributed by atoms with Gasteiger partial charge in [-0.25, -0.2) is 0 Å². The van der Waals surface area contributed by atoms with E-state index < -0.39 is 0 Å². The Kier molecular flexibility index (Phi) is 7.04. The van der Waals surface area contributed by atoms with Crippen molar-refractivity contribution in [3.05, 3.63) is 0 Å². The molecule has 1 N–H and O–H groups in total. The maximum Gasteiger partial charge on any atom is 0.103 e. The molecule has 0 aromatic carbocycles. The Bertz CT molecular complexity index is 186. The topological polar surface area (TPSA) is 35.8 Å². The zero-order chi connectivity index (χ0) is 11.0. The molecule has 0 saturated carbocycles. The van der Waals surface area contributed by atoms with Crippen LogP contribution in [0.1, 0.15) is 40.5 Å². The first-order chi connectivity index (χ1) is 6.54. The average Bonchev–Trinajstić information content (AvgIpc) is 2.13. The molecule has 0 rings (SSSR count). The molecule has 14 heavy (non-hydrogen) atoms. The maximum absolute atomic E-state index is 9.01. The molecular formula is C11H22N2S. The van der Waals surface area contributed by atoms with E-state index in [1.54, 1.807) is 0 Å². The summed E-state index contributed by atoms with van der Waals surface area (Å²) in [5.41, 5.74) is -0.327. The van der Waals surface area contributed by atoms with E-state index in [4.69, 9.17) is 5.26 Å². The number of hydrogen-bond donors (Lipinski definition) is 1. The lowest BCUT2D eigenvalue weighted by Gasteiger charge is -2.22. The highest BCUT2D eigenvalue weighted by molar-refractivity contribution is 7.99. The predicted octanol–water partition coefficient (Wildman–Crippen LogP) is 2.80. The van der Waals surface area contributed by atoms with Crippen LogP contribution < -0.4 is 5.32 Å². The van der Waals surface area contributed by atoms with Crippen molar-refractivity contribution >= 4 is 11.8 Å². The molecule has 0 aromatic rings. The lowest BCUT2D eigenvalue weighted by atomic mass is 9.98. The fraction of sp³-hybridized carbons (Fsp3) is 0.909. The van der Waals surface area contributed by atoms with Crippen LogP contribution in [0, 0.1) is 11.3 Å². The van der Waals surface area contributed by atoms with E-state index in [9.17, 15) is 0 Å². The van der Waals surface area contributed by atoms with E-state index in [1.165, 1.54) is 0 Å². The predicted molar refractivity (Wildman–Crippen MR) is 64.5 cm³/mol. The third-order valence-corrected chi connectivity index (χ3v) is 3.28. The molecule has 0 amide bonds. The van der Waals surface area contributed by atoms with E-state index in [1.807, 2.05) is 25.6 Å². The van der Waals surface area contributed by atoms with Crippen LogP contribution in [0.3, 0.4) is 0 Å². The van der Waals surface area contributed by atoms with Crippen molar-refractivity contribution in [2.75, 3.05) is 12.3 Å². The molecule has 0 aromatic heterocycles. The van der Waals surface area contributed by atoms with Gasteiger partial charge < -0.3 is 0 Å². The summed E-state index contributed by atoms with van der Waals surface area (Å²) in [5.74, 6) is 1.15. The van der Waals surface area contributed by atoms with Crippen LogP contribution in [0.4, 0.5) is 0 Å². The van der Waals surface area contributed by atoms with Gasteiger partial charge in [-0.2, -0.15) is 17.0 Å². The van der Waals surface area contributed by atoms with E-state index >= 15 is 0 Å². The second-order valence-electron chi connectivity index (χ2n) is 4.00. The van der Waals surface area contributed by atoms with Crippen LogP contribution in [-0.4, -0.2) is 23.1 Å². The highest BCUT2D eigenvalue weighted by atomic mass is 32.2. The maximum atomic E-state index is 9.01. The monoisotopic (exact) mass is 214 g/mol. The molecule has 0 saturated heterocycles. The minimum absolute atomic E-state index is 0.327. The third-order valence-electron chi connectivity index (χ3n) is 2.09. The number of nitrogens with zero attached hydrogens (tertiary/aromatic N) is 1. The lowest BCUT2D eigenvalue weighted by Crippen LogP contribution is -2.40. The zero-order valence-corrected chi connectivity index (χ0v) is 10.6. The summed E-state index contributed by atoms with van der Waals surface area (Å²) in [7, 11) is 0. The van der Waals surface area contributed by atoms with Crippen molar-refractivity contribution in [3.63, 3.8) is 0 Å². The third kappa shape index (κ3) is 6.28. The Balaban J connectivity index is 3.69. The summed E-state index contributed by atoms with van der Waals surface area (Å²) in [6, 6.07) is 2.35. The Labute approximate surface area is 92.5 Å². The minimum atomic E-state index is -0.327. The second kappa shape index (κ2) is 7.14. The molecule has 1 atom stereocenters. The van der Waals surface area contributed by atoms with Crippen LogP contribution >= 0.6 is 11.8 Å². The molecule has 0 fully saturated rings. The van der Waals surface area contributed by atoms with Gasteiger partial charge >= 0.3 is 0 Å². The van der Waals surface area contributed by atoms with E-state index in [2.05, 4.69) is 25.2 Å². The summed E-state index contributed by atoms with van der Waals surface area (Å²) < 4.78 is 0. The summed E-state index contributed by atoms with van der Waals surface area (Å²) in [5, 5.41) is 12.9. The van der Waals surface area contributed by atoms with Crippen molar-refractivity contribution in [1.82, 2.24) is 5.32 Å². The van der Waals surface area contributed by atoms with Gasteiger partial charge in [0.25, 0.3) is 0 Å². The first-order valence-corrected chi connectivity index (χ1v) is 6.37. The second-order valence-corrected chi connectivity index (χ2v) is 5.68. The van der Waals surface area contributed by atoms with Gasteiger partial charge in [-0.15, -0.1) is 0 Å². The van der Waals surface area contributed by atoms with E-state index in [-0.39, 0.29) is 5.54 Å². The lowest BCUT2D eigenvalue weighted by molar-refractivity contribution is 0.426. The smallest absolute Gasteiger partial charge is 0.103 e. The largest absolute Gasteiger partial charge is 0.300 e. The molecule has 0 bridgehead atoms. The quantitative estimate of drug-likeness (QED) is 0.662. The Hall–Kier alpha value is -0.200. The first-order valence-electron chi connectivity index (χ1n) is 5.32. The zero-order valence-electron chi connectivity index (χ0n) is 9.76. The van der Waals surface area contributed by atoms with Crippen molar-refractivity contribution in [2.45, 2.75) is 51.3 Å². The standard InChI is InChI=1S/C11H22N2S/c1-5-13-11(4,9-12)7-6-8-14-10(2)3/h10,13H,5-8H2,1-4H3. The number of hydrogen-bond acceptors (Lipinski definition) is 3. The average molecular weight is 214 g/mol. The molecule has 0 heterocycles. The van der Waals surface area contributed by atoms with Crippen LogP contribution in [0.2, 0.25) is 0 Å². The Morgan fingerprint density at radius 2 is 2.14 bits per heavy atom. The molecular weight excluding hydrogens is 192 g/mol. The SMILES string of the molecule is CCNC(C)(C#N)CCCSC(C)C. The number of thioether (sulfide) groups is 1. The molecule has 2 nitrogen and oxygen atoms in total. The molecule has 0 aliphatic rings. The van der Waals surface area contributed by atoms with Crippen LogP contribution in [-0.2, 0) is 0 Å². The molecule has 0 radical (unpaired) electrons. The summed E-state index contributed by atoms with van der Waals surface area (Å²) in [4.78, 5) is 0. The van der Waals surface area contributed by atoms with E-state index in [0.717, 1.165) is 25.1 Å². The summed E-state index contributed by atoms with van der Waals surface area (Å²) in [6.07, 6.45) is 2.05. The number of rotatable bonds is 7. The Morgan fingerprint density at radius 3 is 2.57 bits per heavy atom. The highest BCUT2D eigenvalue weighted by Gasteiger charge is 2.21. The molecule has 3 heteroatoms. The van der Waals surface area contributed by atoms with Gasteiger partial charge in [0.15, 0.2) is 0 Å².